The molecule has 0 atom stereocenters. The largest absolute Gasteiger partial charge is 0.335 e. The van der Waals surface area contributed by atoms with Crippen LogP contribution in [-0.2, 0) is 0 Å². The number of rotatable bonds is 3. The van der Waals surface area contributed by atoms with Crippen LogP contribution in [0.4, 0.5) is 10.5 Å². The van der Waals surface area contributed by atoms with Crippen LogP contribution < -0.4 is 5.32 Å². The number of urea groups is 1. The second-order valence-corrected chi connectivity index (χ2v) is 8.39. The summed E-state index contributed by atoms with van der Waals surface area (Å²) in [7, 11) is 0. The van der Waals surface area contributed by atoms with Crippen LogP contribution in [0.15, 0.2) is 48.7 Å². The molecule has 0 spiro atoms. The van der Waals surface area contributed by atoms with Gasteiger partial charge in [-0.2, -0.15) is 0 Å². The zero-order valence-electron chi connectivity index (χ0n) is 18.4. The minimum Gasteiger partial charge on any atom is -0.335 e. The maximum atomic E-state index is 13.2. The fourth-order valence-corrected chi connectivity index (χ4v) is 4.15. The molecule has 3 amide bonds. The van der Waals surface area contributed by atoms with Crippen LogP contribution in [-0.4, -0.2) is 57.5 Å². The van der Waals surface area contributed by atoms with Gasteiger partial charge >= 0.3 is 6.03 Å². The lowest BCUT2D eigenvalue weighted by atomic mass is 10.2. The lowest BCUT2D eigenvalue weighted by Crippen LogP contribution is -2.51. The van der Waals surface area contributed by atoms with Crippen molar-refractivity contribution in [1.82, 2.24) is 19.4 Å². The van der Waals surface area contributed by atoms with Crippen LogP contribution in [0.1, 0.15) is 27.3 Å². The van der Waals surface area contributed by atoms with Gasteiger partial charge in [-0.25, -0.2) is 9.78 Å². The number of halogens is 1. The third-order valence-electron chi connectivity index (χ3n) is 5.82. The zero-order valence-corrected chi connectivity index (χ0v) is 19.2. The monoisotopic (exact) mass is 451 g/mol. The number of benzene rings is 1. The van der Waals surface area contributed by atoms with Crippen LogP contribution in [0.2, 0.25) is 5.02 Å². The molecule has 8 heteroatoms. The zero-order chi connectivity index (χ0) is 22.8. The Labute approximate surface area is 192 Å². The van der Waals surface area contributed by atoms with E-state index in [0.717, 1.165) is 22.8 Å². The highest BCUT2D eigenvalue weighted by atomic mass is 35.5. The molecule has 1 saturated heterocycles. The predicted molar refractivity (Wildman–Crippen MR) is 126 cm³/mol. The first kappa shape index (κ1) is 21.9. The van der Waals surface area contributed by atoms with E-state index in [-0.39, 0.29) is 11.9 Å². The third kappa shape index (κ3) is 4.34. The van der Waals surface area contributed by atoms with Gasteiger partial charge in [0.1, 0.15) is 5.82 Å². The van der Waals surface area contributed by atoms with Crippen LogP contribution in [0, 0.1) is 20.8 Å². The first-order valence-corrected chi connectivity index (χ1v) is 10.9. The number of anilines is 1. The summed E-state index contributed by atoms with van der Waals surface area (Å²) in [5.41, 5.74) is 4.10. The van der Waals surface area contributed by atoms with Gasteiger partial charge in [0.2, 0.25) is 0 Å². The Hall–Kier alpha value is -3.32. The molecule has 1 aromatic carbocycles. The van der Waals surface area contributed by atoms with Crippen molar-refractivity contribution >= 4 is 29.2 Å². The molecular formula is C24H26ClN5O2. The number of nitrogens with zero attached hydrogens (tertiary/aromatic N) is 4. The van der Waals surface area contributed by atoms with Gasteiger partial charge in [-0.15, -0.1) is 0 Å². The van der Waals surface area contributed by atoms with E-state index >= 15 is 0 Å². The van der Waals surface area contributed by atoms with E-state index in [1.54, 1.807) is 22.1 Å². The van der Waals surface area contributed by atoms with Crippen molar-refractivity contribution in [2.24, 2.45) is 0 Å². The standard InChI is InChI=1S/C24H26ClN5O2/c1-16-7-8-19(15-21(16)25)27-24(32)29-12-10-28(11-13-29)23(31)20-14-17(2)30(18(20)3)22-6-4-5-9-26-22/h4-9,14-15H,10-13H2,1-3H3,(H,27,32). The number of piperazine rings is 1. The number of carbonyl (C=O) groups excluding carboxylic acids is 2. The van der Waals surface area contributed by atoms with Gasteiger partial charge in [0.15, 0.2) is 0 Å². The van der Waals surface area contributed by atoms with E-state index in [1.165, 1.54) is 0 Å². The molecule has 32 heavy (non-hydrogen) atoms. The quantitative estimate of drug-likeness (QED) is 0.639. The first-order chi connectivity index (χ1) is 15.3. The SMILES string of the molecule is Cc1ccc(NC(=O)N2CCN(C(=O)c3cc(C)n(-c4ccccn4)c3C)CC2)cc1Cl. The summed E-state index contributed by atoms with van der Waals surface area (Å²) in [5, 5.41) is 3.49. The Morgan fingerprint density at radius 2 is 1.69 bits per heavy atom. The molecule has 166 valence electrons. The van der Waals surface area contributed by atoms with Crippen molar-refractivity contribution in [2.75, 3.05) is 31.5 Å². The normalized spacial score (nSPS) is 13.9. The summed E-state index contributed by atoms with van der Waals surface area (Å²) in [6.07, 6.45) is 1.74. The minimum absolute atomic E-state index is 0.0225. The molecule has 3 heterocycles. The van der Waals surface area contributed by atoms with Crippen LogP contribution in [0.3, 0.4) is 0 Å². The van der Waals surface area contributed by atoms with Gasteiger partial charge in [0.25, 0.3) is 5.91 Å². The summed E-state index contributed by atoms with van der Waals surface area (Å²) in [4.78, 5) is 33.8. The maximum absolute atomic E-state index is 13.2. The van der Waals surface area contributed by atoms with Crippen molar-refractivity contribution in [1.29, 1.82) is 0 Å². The van der Waals surface area contributed by atoms with Gasteiger partial charge in [-0.1, -0.05) is 23.7 Å². The van der Waals surface area contributed by atoms with E-state index in [2.05, 4.69) is 10.3 Å². The number of aromatic nitrogens is 2. The molecule has 1 fully saturated rings. The highest BCUT2D eigenvalue weighted by molar-refractivity contribution is 6.31. The highest BCUT2D eigenvalue weighted by Crippen LogP contribution is 2.22. The van der Waals surface area contributed by atoms with Gasteiger partial charge in [-0.05, 0) is 56.7 Å². The molecule has 2 aromatic heterocycles. The van der Waals surface area contributed by atoms with Crippen molar-refractivity contribution in [3.63, 3.8) is 0 Å². The Morgan fingerprint density at radius 3 is 2.34 bits per heavy atom. The van der Waals surface area contributed by atoms with E-state index < -0.39 is 0 Å². The third-order valence-corrected chi connectivity index (χ3v) is 6.22. The van der Waals surface area contributed by atoms with Crippen molar-refractivity contribution in [3.8, 4) is 5.82 Å². The first-order valence-electron chi connectivity index (χ1n) is 10.6. The second-order valence-electron chi connectivity index (χ2n) is 7.98. The molecule has 0 bridgehead atoms. The van der Waals surface area contributed by atoms with E-state index in [0.29, 0.717) is 42.5 Å². The average molecular weight is 452 g/mol. The summed E-state index contributed by atoms with van der Waals surface area (Å²) >= 11 is 6.15. The number of amides is 3. The molecule has 0 saturated carbocycles. The lowest BCUT2D eigenvalue weighted by molar-refractivity contribution is 0.0671. The topological polar surface area (TPSA) is 70.5 Å². The Morgan fingerprint density at radius 1 is 0.969 bits per heavy atom. The smallest absolute Gasteiger partial charge is 0.321 e. The van der Waals surface area contributed by atoms with Crippen molar-refractivity contribution in [2.45, 2.75) is 20.8 Å². The van der Waals surface area contributed by atoms with Crippen molar-refractivity contribution < 1.29 is 9.59 Å². The molecular weight excluding hydrogens is 426 g/mol. The Bertz CT molecular complexity index is 1150. The van der Waals surface area contributed by atoms with Crippen LogP contribution >= 0.6 is 11.6 Å². The highest BCUT2D eigenvalue weighted by Gasteiger charge is 2.27. The van der Waals surface area contributed by atoms with Gasteiger partial charge in [0, 0.05) is 54.5 Å². The Balaban J connectivity index is 1.41. The predicted octanol–water partition coefficient (Wildman–Crippen LogP) is 4.44. The minimum atomic E-state index is -0.189. The molecule has 4 rings (SSSR count). The molecule has 1 aliphatic heterocycles. The van der Waals surface area contributed by atoms with Gasteiger partial charge < -0.3 is 19.7 Å². The number of carbonyl (C=O) groups is 2. The van der Waals surface area contributed by atoms with E-state index in [1.807, 2.05) is 61.7 Å². The summed E-state index contributed by atoms with van der Waals surface area (Å²) in [6, 6.07) is 12.9. The summed E-state index contributed by atoms with van der Waals surface area (Å²) in [6.45, 7) is 7.72. The van der Waals surface area contributed by atoms with Crippen LogP contribution in [0.25, 0.3) is 5.82 Å². The summed E-state index contributed by atoms with van der Waals surface area (Å²) in [5.74, 6) is 0.768. The van der Waals surface area contributed by atoms with E-state index in [9.17, 15) is 9.59 Å². The fourth-order valence-electron chi connectivity index (χ4n) is 3.97. The molecule has 1 aliphatic rings. The second kappa shape index (κ2) is 9.04. The number of nitrogens with one attached hydrogen (secondary N) is 1. The summed E-state index contributed by atoms with van der Waals surface area (Å²) < 4.78 is 1.99. The van der Waals surface area contributed by atoms with Crippen molar-refractivity contribution in [3.05, 3.63) is 76.2 Å². The van der Waals surface area contributed by atoms with Gasteiger partial charge in [0.05, 0.1) is 5.56 Å². The molecule has 7 nitrogen and oxygen atoms in total. The molecule has 3 aromatic rings. The fraction of sp³-hybridized carbons (Fsp3) is 0.292. The van der Waals surface area contributed by atoms with E-state index in [4.69, 9.17) is 11.6 Å². The molecule has 0 unspecified atom stereocenters. The number of pyridine rings is 1. The number of hydrogen-bond acceptors (Lipinski definition) is 3. The Kier molecular flexibility index (Phi) is 6.19. The molecule has 0 aliphatic carbocycles. The number of aryl methyl sites for hydroxylation is 2. The number of hydrogen-bond donors (Lipinski definition) is 1. The molecule has 0 radical (unpaired) electrons. The maximum Gasteiger partial charge on any atom is 0.321 e. The molecule has 1 N–H and O–H groups in total. The lowest BCUT2D eigenvalue weighted by Gasteiger charge is -2.34. The van der Waals surface area contributed by atoms with Gasteiger partial charge in [-0.3, -0.25) is 4.79 Å². The average Bonchev–Trinajstić information content (AvgIpc) is 3.10. The van der Waals surface area contributed by atoms with Crippen LogP contribution in [0.5, 0.6) is 0 Å².